The number of benzene rings is 1. The van der Waals surface area contributed by atoms with Crippen LogP contribution in [0.15, 0.2) is 30.3 Å². The highest BCUT2D eigenvalue weighted by Gasteiger charge is 2.28. The van der Waals surface area contributed by atoms with Crippen molar-refractivity contribution in [3.8, 4) is 0 Å². The lowest BCUT2D eigenvalue weighted by atomic mass is 9.90. The Hall–Kier alpha value is -0.860. The van der Waals surface area contributed by atoms with Gasteiger partial charge in [0.2, 0.25) is 0 Å². The molecule has 2 nitrogen and oxygen atoms in total. The fourth-order valence-corrected chi connectivity index (χ4v) is 2.81. The first-order valence-electron chi connectivity index (χ1n) is 7.31. The Balaban J connectivity index is 1.56. The van der Waals surface area contributed by atoms with Crippen LogP contribution in [0.3, 0.4) is 0 Å². The summed E-state index contributed by atoms with van der Waals surface area (Å²) in [4.78, 5) is 0. The van der Waals surface area contributed by atoms with Crippen LogP contribution < -0.4 is 5.32 Å². The van der Waals surface area contributed by atoms with Crippen LogP contribution in [0, 0.1) is 5.92 Å². The summed E-state index contributed by atoms with van der Waals surface area (Å²) in [5.41, 5.74) is 1.40. The molecular weight excluding hydrogens is 222 g/mol. The summed E-state index contributed by atoms with van der Waals surface area (Å²) in [5.74, 6) is 0.694. The fourth-order valence-electron chi connectivity index (χ4n) is 2.81. The summed E-state index contributed by atoms with van der Waals surface area (Å²) in [6, 6.07) is 11.6. The van der Waals surface area contributed by atoms with Crippen molar-refractivity contribution in [3.05, 3.63) is 35.9 Å². The third-order valence-corrected chi connectivity index (χ3v) is 4.10. The van der Waals surface area contributed by atoms with E-state index < -0.39 is 0 Å². The Kier molecular flexibility index (Phi) is 3.96. The first-order valence-corrected chi connectivity index (χ1v) is 7.31. The number of hydrogen-bond donors (Lipinski definition) is 1. The van der Waals surface area contributed by atoms with E-state index in [4.69, 9.17) is 4.74 Å². The monoisotopic (exact) mass is 245 g/mol. The highest BCUT2D eigenvalue weighted by atomic mass is 16.5. The molecule has 0 bridgehead atoms. The van der Waals surface area contributed by atoms with Crippen LogP contribution in [-0.2, 0) is 11.2 Å². The van der Waals surface area contributed by atoms with Gasteiger partial charge in [-0.3, -0.25) is 0 Å². The standard InChI is InChI=1S/C16H23NO/c1-2-5-13(6-3-1)11-16-14(7-4-10-18-16)12-17-15-8-9-15/h1-3,5-6,14-17H,4,7-12H2. The second-order valence-corrected chi connectivity index (χ2v) is 5.68. The van der Waals surface area contributed by atoms with E-state index in [0.29, 0.717) is 12.0 Å². The maximum Gasteiger partial charge on any atom is 0.0655 e. The van der Waals surface area contributed by atoms with Gasteiger partial charge in [-0.25, -0.2) is 0 Å². The van der Waals surface area contributed by atoms with E-state index in [0.717, 1.165) is 25.6 Å². The molecule has 0 spiro atoms. The molecule has 2 atom stereocenters. The van der Waals surface area contributed by atoms with Crippen LogP contribution in [0.1, 0.15) is 31.2 Å². The minimum atomic E-state index is 0.410. The third kappa shape index (κ3) is 3.33. The van der Waals surface area contributed by atoms with Gasteiger partial charge in [-0.15, -0.1) is 0 Å². The Bertz CT molecular complexity index is 361. The van der Waals surface area contributed by atoms with Gasteiger partial charge < -0.3 is 10.1 Å². The van der Waals surface area contributed by atoms with Crippen LogP contribution >= 0.6 is 0 Å². The van der Waals surface area contributed by atoms with Crippen molar-refractivity contribution in [2.24, 2.45) is 5.92 Å². The molecule has 3 rings (SSSR count). The van der Waals surface area contributed by atoms with E-state index in [1.807, 2.05) is 0 Å². The van der Waals surface area contributed by atoms with E-state index >= 15 is 0 Å². The molecule has 1 aliphatic carbocycles. The van der Waals surface area contributed by atoms with Crippen molar-refractivity contribution < 1.29 is 4.74 Å². The highest BCUT2D eigenvalue weighted by Crippen LogP contribution is 2.25. The van der Waals surface area contributed by atoms with Gasteiger partial charge in [0.25, 0.3) is 0 Å². The Morgan fingerprint density at radius 2 is 1.94 bits per heavy atom. The van der Waals surface area contributed by atoms with Crippen molar-refractivity contribution in [1.29, 1.82) is 0 Å². The van der Waals surface area contributed by atoms with Crippen molar-refractivity contribution in [2.45, 2.75) is 44.2 Å². The normalized spacial score (nSPS) is 28.2. The largest absolute Gasteiger partial charge is 0.378 e. The van der Waals surface area contributed by atoms with Crippen molar-refractivity contribution in [3.63, 3.8) is 0 Å². The smallest absolute Gasteiger partial charge is 0.0655 e. The second-order valence-electron chi connectivity index (χ2n) is 5.68. The van der Waals surface area contributed by atoms with Gasteiger partial charge in [0.05, 0.1) is 6.10 Å². The summed E-state index contributed by atoms with van der Waals surface area (Å²) >= 11 is 0. The number of rotatable bonds is 5. The van der Waals surface area contributed by atoms with Crippen LogP contribution in [0.4, 0.5) is 0 Å². The summed E-state index contributed by atoms with van der Waals surface area (Å²) in [6.07, 6.45) is 6.76. The van der Waals surface area contributed by atoms with Gasteiger partial charge in [0.1, 0.15) is 0 Å². The Labute approximate surface area is 110 Å². The molecule has 1 heterocycles. The van der Waals surface area contributed by atoms with Crippen LogP contribution in [-0.4, -0.2) is 25.3 Å². The van der Waals surface area contributed by atoms with Gasteiger partial charge in [-0.05, 0) is 43.6 Å². The topological polar surface area (TPSA) is 21.3 Å². The molecule has 2 unspecified atom stereocenters. The molecule has 0 radical (unpaired) electrons. The molecule has 2 fully saturated rings. The molecule has 1 N–H and O–H groups in total. The minimum Gasteiger partial charge on any atom is -0.378 e. The van der Waals surface area contributed by atoms with Gasteiger partial charge in [0.15, 0.2) is 0 Å². The first-order chi connectivity index (χ1) is 8.92. The summed E-state index contributed by atoms with van der Waals surface area (Å²) in [6.45, 7) is 2.08. The van der Waals surface area contributed by atoms with E-state index in [-0.39, 0.29) is 0 Å². The Morgan fingerprint density at radius 1 is 1.11 bits per heavy atom. The maximum absolute atomic E-state index is 6.01. The van der Waals surface area contributed by atoms with E-state index in [1.54, 1.807) is 0 Å². The summed E-state index contributed by atoms with van der Waals surface area (Å²) < 4.78 is 6.01. The molecule has 1 saturated heterocycles. The lowest BCUT2D eigenvalue weighted by Crippen LogP contribution is -2.38. The molecule has 2 heteroatoms. The quantitative estimate of drug-likeness (QED) is 0.861. The highest BCUT2D eigenvalue weighted by molar-refractivity contribution is 5.16. The number of nitrogens with one attached hydrogen (secondary N) is 1. The molecule has 1 saturated carbocycles. The third-order valence-electron chi connectivity index (χ3n) is 4.10. The van der Waals surface area contributed by atoms with Gasteiger partial charge >= 0.3 is 0 Å². The van der Waals surface area contributed by atoms with E-state index in [9.17, 15) is 0 Å². The summed E-state index contributed by atoms with van der Waals surface area (Å²) in [5, 5.41) is 3.66. The van der Waals surface area contributed by atoms with Gasteiger partial charge in [-0.2, -0.15) is 0 Å². The molecule has 98 valence electrons. The van der Waals surface area contributed by atoms with E-state index in [1.165, 1.54) is 31.2 Å². The van der Waals surface area contributed by atoms with Crippen LogP contribution in [0.25, 0.3) is 0 Å². The molecule has 1 aliphatic heterocycles. The zero-order chi connectivity index (χ0) is 12.2. The average Bonchev–Trinajstić information content (AvgIpc) is 3.23. The number of ether oxygens (including phenoxy) is 1. The molecule has 18 heavy (non-hydrogen) atoms. The molecule has 0 aromatic heterocycles. The lowest BCUT2D eigenvalue weighted by molar-refractivity contribution is -0.0250. The van der Waals surface area contributed by atoms with Crippen LogP contribution in [0.2, 0.25) is 0 Å². The van der Waals surface area contributed by atoms with Crippen LogP contribution in [0.5, 0.6) is 0 Å². The second kappa shape index (κ2) is 5.85. The van der Waals surface area contributed by atoms with Crippen molar-refractivity contribution in [1.82, 2.24) is 5.32 Å². The number of hydrogen-bond acceptors (Lipinski definition) is 2. The predicted octanol–water partition coefficient (Wildman–Crippen LogP) is 2.78. The molecule has 1 aromatic carbocycles. The first kappa shape index (κ1) is 12.2. The lowest BCUT2D eigenvalue weighted by Gasteiger charge is -2.32. The Morgan fingerprint density at radius 3 is 2.72 bits per heavy atom. The average molecular weight is 245 g/mol. The van der Waals surface area contributed by atoms with Crippen molar-refractivity contribution >= 4 is 0 Å². The van der Waals surface area contributed by atoms with E-state index in [2.05, 4.69) is 35.6 Å². The SMILES string of the molecule is c1ccc(CC2OCCCC2CNC2CC2)cc1. The molecule has 0 amide bonds. The van der Waals surface area contributed by atoms with Crippen molar-refractivity contribution in [2.75, 3.05) is 13.2 Å². The van der Waals surface area contributed by atoms with Gasteiger partial charge in [0, 0.05) is 19.2 Å². The zero-order valence-electron chi connectivity index (χ0n) is 11.0. The molecule has 2 aliphatic rings. The fraction of sp³-hybridized carbons (Fsp3) is 0.625. The van der Waals surface area contributed by atoms with Gasteiger partial charge in [-0.1, -0.05) is 30.3 Å². The molecule has 1 aromatic rings. The predicted molar refractivity (Wildman–Crippen MR) is 73.6 cm³/mol. The minimum absolute atomic E-state index is 0.410. The zero-order valence-corrected chi connectivity index (χ0v) is 11.0. The summed E-state index contributed by atoms with van der Waals surface area (Å²) in [7, 11) is 0. The maximum atomic E-state index is 6.01. The molecular formula is C16H23NO.